The van der Waals surface area contributed by atoms with Crippen LogP contribution < -0.4 is 15.0 Å². The smallest absolute Gasteiger partial charge is 0.409 e. The predicted octanol–water partition coefficient (Wildman–Crippen LogP) is 6.08. The highest BCUT2D eigenvalue weighted by molar-refractivity contribution is 8.76. The molecule has 8 atom stereocenters. The van der Waals surface area contributed by atoms with E-state index in [0.717, 1.165) is 11.1 Å². The Balaban J connectivity index is 1.71. The van der Waals surface area contributed by atoms with Crippen LogP contribution >= 0.6 is 33.2 Å². The average molecular weight is 826 g/mol. The van der Waals surface area contributed by atoms with E-state index >= 15 is 0 Å². The predicted molar refractivity (Wildman–Crippen MR) is 215 cm³/mol. The molecule has 16 heteroatoms. The lowest BCUT2D eigenvalue weighted by atomic mass is 9.83. The third-order valence-corrected chi connectivity index (χ3v) is 13.8. The van der Waals surface area contributed by atoms with Gasteiger partial charge in [-0.2, -0.15) is 0 Å². The number of carbonyl (C=O) groups is 4. The summed E-state index contributed by atoms with van der Waals surface area (Å²) >= 11 is 6.78. The molecule has 0 aliphatic carbocycles. The van der Waals surface area contributed by atoms with Gasteiger partial charge in [-0.1, -0.05) is 63.9 Å². The number of rotatable bonds is 10. The number of alkyl carbamates (subject to hydrolysis) is 1. The summed E-state index contributed by atoms with van der Waals surface area (Å²) in [7, 11) is 9.39. The van der Waals surface area contributed by atoms with E-state index in [2.05, 4.69) is 19.2 Å². The average Bonchev–Trinajstić information content (AvgIpc) is 3.82. The van der Waals surface area contributed by atoms with Crippen molar-refractivity contribution >= 4 is 62.8 Å². The zero-order chi connectivity index (χ0) is 41.0. The standard InChI is InChI=1S/C39H56ClN3O10S2/c1-22-13-12-14-29(50-10)39(48)21-28(51-36(47)41-39)23(2)34-38(6,53-34)30(20-32(45)43(8)26-18-25(17-22)19-27(49-9)33(26)40)52-35(46)24(3)42(7)31(44)15-16-37(4,5)55-54-11/h12-14,18-19,23-24,28-30,34,48H,15-17,20-21H2,1-11H3,(H,41,47)/b14-12+,22-13+/t23?,24-,28?,29?,30?,34?,38?,39?/m0/s1. The molecular weight excluding hydrogens is 770 g/mol. The quantitative estimate of drug-likeness (QED) is 0.160. The molecule has 4 rings (SSSR count). The number of aliphatic hydroxyl groups is 1. The Morgan fingerprint density at radius 2 is 1.95 bits per heavy atom. The molecule has 1 aromatic rings. The fourth-order valence-corrected chi connectivity index (χ4v) is 9.62. The van der Waals surface area contributed by atoms with Crippen LogP contribution in [-0.2, 0) is 39.8 Å². The van der Waals surface area contributed by atoms with E-state index in [1.807, 2.05) is 26.2 Å². The van der Waals surface area contributed by atoms with E-state index in [4.69, 9.17) is 35.3 Å². The Morgan fingerprint density at radius 1 is 1.25 bits per heavy atom. The molecule has 306 valence electrons. The number of methoxy groups -OCH3 is 2. The molecular formula is C39H56ClN3O10S2. The number of allylic oxidation sites excluding steroid dienone is 3. The van der Waals surface area contributed by atoms with Crippen LogP contribution in [0.25, 0.3) is 0 Å². The van der Waals surface area contributed by atoms with Gasteiger partial charge in [0, 0.05) is 44.7 Å². The second-order valence-electron chi connectivity index (χ2n) is 15.4. The van der Waals surface area contributed by atoms with Gasteiger partial charge < -0.3 is 38.6 Å². The van der Waals surface area contributed by atoms with Crippen molar-refractivity contribution in [1.82, 2.24) is 10.2 Å². The Kier molecular flexibility index (Phi) is 14.7. The first-order valence-electron chi connectivity index (χ1n) is 18.3. The van der Waals surface area contributed by atoms with Crippen LogP contribution in [0.5, 0.6) is 5.75 Å². The van der Waals surface area contributed by atoms with Gasteiger partial charge in [0.2, 0.25) is 11.8 Å². The number of fused-ring (bicyclic) bond motifs is 5. The number of benzene rings is 1. The first kappa shape index (κ1) is 44.8. The lowest BCUT2D eigenvalue weighted by Crippen LogP contribution is -2.63. The van der Waals surface area contributed by atoms with Gasteiger partial charge in [0.1, 0.15) is 40.7 Å². The molecule has 3 aliphatic heterocycles. The lowest BCUT2D eigenvalue weighted by molar-refractivity contribution is -0.162. The second-order valence-corrected chi connectivity index (χ2v) is 18.9. The molecule has 0 aromatic heterocycles. The van der Waals surface area contributed by atoms with Gasteiger partial charge in [-0.05, 0) is 71.4 Å². The highest BCUT2D eigenvalue weighted by Crippen LogP contribution is 2.49. The van der Waals surface area contributed by atoms with E-state index in [-0.39, 0.29) is 34.9 Å². The molecule has 13 nitrogen and oxygen atoms in total. The van der Waals surface area contributed by atoms with Crippen molar-refractivity contribution in [2.45, 2.75) is 120 Å². The summed E-state index contributed by atoms with van der Waals surface area (Å²) in [6.07, 6.45) is 3.81. The van der Waals surface area contributed by atoms with Crippen LogP contribution in [-0.4, -0.2) is 115 Å². The number of nitrogens with one attached hydrogen (secondary N) is 1. The third-order valence-electron chi connectivity index (χ3n) is 10.8. The molecule has 0 saturated carbocycles. The largest absolute Gasteiger partial charge is 0.495 e. The van der Waals surface area contributed by atoms with Crippen LogP contribution in [0.3, 0.4) is 0 Å². The summed E-state index contributed by atoms with van der Waals surface area (Å²) in [5, 5.41) is 14.5. The SMILES string of the molecule is COc1cc2cc(c1Cl)N(C)C(=O)CC(OC(=O)[C@H](C)N(C)C(=O)CCC(C)(C)SSC)C1(C)OC1C(C)C1CC(O)(NC(=O)O1)C(OC)/C=C/C=C(\C)C2. The molecule has 7 unspecified atom stereocenters. The van der Waals surface area contributed by atoms with Crippen molar-refractivity contribution in [3.63, 3.8) is 0 Å². The number of amides is 3. The maximum absolute atomic E-state index is 14.2. The third kappa shape index (κ3) is 10.5. The monoisotopic (exact) mass is 825 g/mol. The van der Waals surface area contributed by atoms with Crippen LogP contribution in [0.2, 0.25) is 5.02 Å². The van der Waals surface area contributed by atoms with Gasteiger partial charge in [0.05, 0.1) is 25.3 Å². The van der Waals surface area contributed by atoms with E-state index in [0.29, 0.717) is 24.3 Å². The topological polar surface area (TPSA) is 156 Å². The summed E-state index contributed by atoms with van der Waals surface area (Å²) in [5.41, 5.74) is -0.900. The zero-order valence-electron chi connectivity index (χ0n) is 33.6. The number of nitrogens with zero attached hydrogens (tertiary/aromatic N) is 2. The molecule has 2 fully saturated rings. The Morgan fingerprint density at radius 3 is 2.58 bits per heavy atom. The van der Waals surface area contributed by atoms with Crippen molar-refractivity contribution in [2.24, 2.45) is 5.92 Å². The minimum atomic E-state index is -1.83. The molecule has 1 aromatic carbocycles. The number of likely N-dealkylation sites (N-methyl/N-ethyl adjacent to an activating group) is 1. The summed E-state index contributed by atoms with van der Waals surface area (Å²) in [6.45, 7) is 11.2. The van der Waals surface area contributed by atoms with Crippen LogP contribution in [0.4, 0.5) is 10.5 Å². The zero-order valence-corrected chi connectivity index (χ0v) is 36.0. The molecule has 3 amide bonds. The maximum atomic E-state index is 14.2. The number of epoxide rings is 1. The molecule has 3 heterocycles. The number of hydrogen-bond donors (Lipinski definition) is 2. The second kappa shape index (κ2) is 18.1. The van der Waals surface area contributed by atoms with Crippen molar-refractivity contribution in [1.29, 1.82) is 0 Å². The van der Waals surface area contributed by atoms with E-state index < -0.39 is 65.7 Å². The van der Waals surface area contributed by atoms with Gasteiger partial charge in [0.25, 0.3) is 0 Å². The van der Waals surface area contributed by atoms with Crippen molar-refractivity contribution in [2.75, 3.05) is 39.5 Å². The summed E-state index contributed by atoms with van der Waals surface area (Å²) < 4.78 is 29.2. The molecule has 2 saturated heterocycles. The highest BCUT2D eigenvalue weighted by atomic mass is 35.5. The normalized spacial score (nSPS) is 30.8. The number of hydrogen-bond acceptors (Lipinski definition) is 12. The summed E-state index contributed by atoms with van der Waals surface area (Å²) in [6, 6.07) is 2.62. The van der Waals surface area contributed by atoms with Crippen molar-refractivity contribution < 1.29 is 48.0 Å². The molecule has 55 heavy (non-hydrogen) atoms. The minimum Gasteiger partial charge on any atom is -0.495 e. The molecule has 2 N–H and O–H groups in total. The summed E-state index contributed by atoms with van der Waals surface area (Å²) in [4.78, 5) is 56.9. The highest BCUT2D eigenvalue weighted by Gasteiger charge is 2.64. The van der Waals surface area contributed by atoms with Crippen LogP contribution in [0, 0.1) is 5.92 Å². The van der Waals surface area contributed by atoms with Gasteiger partial charge in [-0.3, -0.25) is 14.9 Å². The first-order chi connectivity index (χ1) is 25.7. The van der Waals surface area contributed by atoms with Gasteiger partial charge in [-0.15, -0.1) is 0 Å². The van der Waals surface area contributed by atoms with Crippen LogP contribution in [0.15, 0.2) is 35.9 Å². The molecule has 0 radical (unpaired) electrons. The van der Waals surface area contributed by atoms with E-state index in [1.54, 1.807) is 73.8 Å². The number of carbonyl (C=O) groups excluding carboxylic acids is 4. The van der Waals surface area contributed by atoms with Crippen molar-refractivity contribution in [3.8, 4) is 5.75 Å². The Bertz CT molecular complexity index is 1680. The number of anilines is 1. The molecule has 3 aliphatic rings. The Hall–Kier alpha value is -2.95. The van der Waals surface area contributed by atoms with E-state index in [1.165, 1.54) is 24.0 Å². The van der Waals surface area contributed by atoms with Crippen molar-refractivity contribution in [3.05, 3.63) is 46.5 Å². The minimum absolute atomic E-state index is 0.0478. The maximum Gasteiger partial charge on any atom is 0.409 e. The van der Waals surface area contributed by atoms with Crippen LogP contribution in [0.1, 0.15) is 72.8 Å². The van der Waals surface area contributed by atoms with E-state index in [9.17, 15) is 24.3 Å². The molecule has 4 bridgehead atoms. The number of ether oxygens (including phenoxy) is 5. The number of esters is 1. The molecule has 0 spiro atoms. The Labute approximate surface area is 337 Å². The fourth-order valence-electron chi connectivity index (χ4n) is 7.07. The van der Waals surface area contributed by atoms with Gasteiger partial charge in [0.15, 0.2) is 5.72 Å². The lowest BCUT2D eigenvalue weighted by Gasteiger charge is -2.42. The number of halogens is 1. The fraction of sp³-hybridized carbons (Fsp3) is 0.641. The first-order valence-corrected chi connectivity index (χ1v) is 21.2. The van der Waals surface area contributed by atoms with Gasteiger partial charge >= 0.3 is 12.1 Å². The van der Waals surface area contributed by atoms with Gasteiger partial charge in [-0.25, -0.2) is 9.59 Å². The summed E-state index contributed by atoms with van der Waals surface area (Å²) in [5.74, 6) is -1.50.